The molecule has 9 rings (SSSR count). The van der Waals surface area contributed by atoms with Crippen molar-refractivity contribution < 1.29 is 0 Å². The van der Waals surface area contributed by atoms with Crippen LogP contribution < -0.4 is 0 Å². The Bertz CT molecular complexity index is 2510. The minimum atomic E-state index is 0.629. The molecule has 0 saturated carbocycles. The van der Waals surface area contributed by atoms with Crippen LogP contribution in [0.2, 0.25) is 0 Å². The molecule has 47 heavy (non-hydrogen) atoms. The van der Waals surface area contributed by atoms with E-state index >= 15 is 0 Å². The van der Waals surface area contributed by atoms with Crippen molar-refractivity contribution in [2.24, 2.45) is 0 Å². The summed E-state index contributed by atoms with van der Waals surface area (Å²) in [5.41, 5.74) is 8.33. The second-order valence-corrected chi connectivity index (χ2v) is 12.6. The zero-order valence-electron chi connectivity index (χ0n) is 25.2. The molecule has 0 bridgehead atoms. The van der Waals surface area contributed by atoms with Crippen LogP contribution in [0.1, 0.15) is 0 Å². The van der Waals surface area contributed by atoms with Crippen molar-refractivity contribution >= 4 is 42.4 Å². The first-order valence-corrected chi connectivity index (χ1v) is 16.4. The Morgan fingerprint density at radius 2 is 1.02 bits per heavy atom. The van der Waals surface area contributed by atoms with E-state index in [9.17, 15) is 0 Å². The van der Waals surface area contributed by atoms with Crippen LogP contribution in [0.15, 0.2) is 158 Å². The molecule has 4 nitrogen and oxygen atoms in total. The van der Waals surface area contributed by atoms with Crippen LogP contribution >= 0.6 is 11.3 Å². The van der Waals surface area contributed by atoms with Crippen molar-refractivity contribution in [2.75, 3.05) is 0 Å². The highest BCUT2D eigenvalue weighted by molar-refractivity contribution is 7.25. The smallest absolute Gasteiger partial charge is 0.164 e. The summed E-state index contributed by atoms with van der Waals surface area (Å²) in [7, 11) is 0. The summed E-state index contributed by atoms with van der Waals surface area (Å²) >= 11 is 1.78. The zero-order chi connectivity index (χ0) is 31.2. The van der Waals surface area contributed by atoms with Gasteiger partial charge in [-0.05, 0) is 75.5 Å². The Labute approximate surface area is 275 Å². The van der Waals surface area contributed by atoms with E-state index in [0.717, 1.165) is 49.8 Å². The van der Waals surface area contributed by atoms with Gasteiger partial charge in [0.2, 0.25) is 0 Å². The lowest BCUT2D eigenvalue weighted by atomic mass is 9.92. The lowest BCUT2D eigenvalue weighted by Gasteiger charge is -2.14. The highest BCUT2D eigenvalue weighted by Crippen LogP contribution is 2.39. The molecule has 220 valence electrons. The standard InChI is InChI=1S/C42H26N4S/c1-3-12-28(13-4-1)40-44-41(29-14-5-2-6-15-29)46-42(45-40)33-24-31(23-32(25-33)35-18-9-16-27-11-7-8-17-34(27)35)30-20-21-37-36(26-30)39-38(47-37)19-10-22-43-39/h1-26H. The van der Waals surface area contributed by atoms with E-state index in [1.54, 1.807) is 11.3 Å². The van der Waals surface area contributed by atoms with E-state index in [1.165, 1.54) is 20.2 Å². The summed E-state index contributed by atoms with van der Waals surface area (Å²) < 4.78 is 2.42. The predicted octanol–water partition coefficient (Wildman–Crippen LogP) is 11.1. The third-order valence-electron chi connectivity index (χ3n) is 8.55. The Kier molecular flexibility index (Phi) is 6.61. The first kappa shape index (κ1) is 27.3. The van der Waals surface area contributed by atoms with Crippen LogP contribution in [-0.2, 0) is 0 Å². The summed E-state index contributed by atoms with van der Waals surface area (Å²) in [5.74, 6) is 1.91. The molecule has 5 heteroatoms. The number of hydrogen-bond acceptors (Lipinski definition) is 5. The fraction of sp³-hybridized carbons (Fsp3) is 0. The minimum Gasteiger partial charge on any atom is -0.255 e. The monoisotopic (exact) mass is 618 g/mol. The highest BCUT2D eigenvalue weighted by Gasteiger charge is 2.16. The Morgan fingerprint density at radius 3 is 1.79 bits per heavy atom. The fourth-order valence-electron chi connectivity index (χ4n) is 6.27. The zero-order valence-corrected chi connectivity index (χ0v) is 26.0. The summed E-state index contributed by atoms with van der Waals surface area (Å²) in [6.45, 7) is 0. The van der Waals surface area contributed by atoms with Gasteiger partial charge in [-0.2, -0.15) is 0 Å². The Balaban J connectivity index is 1.30. The number of benzene rings is 6. The maximum Gasteiger partial charge on any atom is 0.164 e. The van der Waals surface area contributed by atoms with Gasteiger partial charge in [0, 0.05) is 33.0 Å². The topological polar surface area (TPSA) is 51.6 Å². The molecule has 0 N–H and O–H groups in total. The summed E-state index contributed by atoms with van der Waals surface area (Å²) in [6, 6.07) is 52.8. The molecule has 0 unspecified atom stereocenters. The number of fused-ring (bicyclic) bond motifs is 4. The van der Waals surface area contributed by atoms with Gasteiger partial charge in [-0.3, -0.25) is 4.98 Å². The number of hydrogen-bond donors (Lipinski definition) is 0. The van der Waals surface area contributed by atoms with Crippen molar-refractivity contribution in [1.82, 2.24) is 19.9 Å². The number of nitrogens with zero attached hydrogens (tertiary/aromatic N) is 4. The van der Waals surface area contributed by atoms with E-state index in [0.29, 0.717) is 17.5 Å². The molecule has 0 amide bonds. The van der Waals surface area contributed by atoms with Gasteiger partial charge in [0.05, 0.1) is 10.2 Å². The molecule has 0 fully saturated rings. The molecular formula is C42H26N4S. The van der Waals surface area contributed by atoms with Crippen LogP contribution in [0, 0.1) is 0 Å². The number of pyridine rings is 1. The number of aromatic nitrogens is 4. The molecule has 3 aromatic heterocycles. The lowest BCUT2D eigenvalue weighted by Crippen LogP contribution is -2.00. The van der Waals surface area contributed by atoms with Gasteiger partial charge in [0.1, 0.15) is 0 Å². The third kappa shape index (κ3) is 5.03. The van der Waals surface area contributed by atoms with Crippen molar-refractivity contribution in [3.63, 3.8) is 0 Å². The summed E-state index contributed by atoms with van der Waals surface area (Å²) in [6.07, 6.45) is 1.87. The van der Waals surface area contributed by atoms with Gasteiger partial charge in [0.25, 0.3) is 0 Å². The van der Waals surface area contributed by atoms with Gasteiger partial charge in [-0.25, -0.2) is 15.0 Å². The summed E-state index contributed by atoms with van der Waals surface area (Å²) in [4.78, 5) is 19.8. The number of rotatable bonds is 5. The largest absolute Gasteiger partial charge is 0.255 e. The van der Waals surface area contributed by atoms with Gasteiger partial charge < -0.3 is 0 Å². The Hall–Kier alpha value is -6.04. The van der Waals surface area contributed by atoms with Crippen LogP contribution in [0.3, 0.4) is 0 Å². The van der Waals surface area contributed by atoms with Gasteiger partial charge in [-0.15, -0.1) is 11.3 Å². The van der Waals surface area contributed by atoms with E-state index in [2.05, 4.69) is 84.9 Å². The SMILES string of the molecule is c1ccc(-c2nc(-c3ccccc3)nc(-c3cc(-c4ccc5sc6cccnc6c5c4)cc(-c4cccc5ccccc45)c3)n2)cc1. The lowest BCUT2D eigenvalue weighted by molar-refractivity contribution is 1.07. The van der Waals surface area contributed by atoms with Gasteiger partial charge >= 0.3 is 0 Å². The van der Waals surface area contributed by atoms with E-state index in [-0.39, 0.29) is 0 Å². The maximum atomic E-state index is 5.08. The molecule has 0 spiro atoms. The molecule has 0 radical (unpaired) electrons. The van der Waals surface area contributed by atoms with Crippen LogP contribution in [0.5, 0.6) is 0 Å². The average molecular weight is 619 g/mol. The van der Waals surface area contributed by atoms with Crippen molar-refractivity contribution in [2.45, 2.75) is 0 Å². The van der Waals surface area contributed by atoms with Gasteiger partial charge in [0.15, 0.2) is 17.5 Å². The van der Waals surface area contributed by atoms with Crippen LogP contribution in [0.25, 0.3) is 87.5 Å². The van der Waals surface area contributed by atoms with Crippen molar-refractivity contribution in [3.05, 3.63) is 158 Å². The molecule has 3 heterocycles. The maximum absolute atomic E-state index is 5.08. The summed E-state index contributed by atoms with van der Waals surface area (Å²) in [5, 5.41) is 3.57. The minimum absolute atomic E-state index is 0.629. The molecular weight excluding hydrogens is 593 g/mol. The second kappa shape index (κ2) is 11.4. The first-order valence-electron chi connectivity index (χ1n) is 15.5. The van der Waals surface area contributed by atoms with Crippen LogP contribution in [0.4, 0.5) is 0 Å². The second-order valence-electron chi connectivity index (χ2n) is 11.5. The highest BCUT2D eigenvalue weighted by atomic mass is 32.1. The molecule has 0 atom stereocenters. The Morgan fingerprint density at radius 1 is 0.383 bits per heavy atom. The molecule has 9 aromatic rings. The van der Waals surface area contributed by atoms with Crippen molar-refractivity contribution in [3.8, 4) is 56.4 Å². The third-order valence-corrected chi connectivity index (χ3v) is 9.68. The number of thiophene rings is 1. The average Bonchev–Trinajstić information content (AvgIpc) is 3.53. The quantitative estimate of drug-likeness (QED) is 0.193. The first-order chi connectivity index (χ1) is 23.3. The predicted molar refractivity (Wildman–Crippen MR) is 195 cm³/mol. The molecule has 0 aliphatic rings. The van der Waals surface area contributed by atoms with Crippen LogP contribution in [-0.4, -0.2) is 19.9 Å². The molecule has 0 aliphatic carbocycles. The molecule has 0 aliphatic heterocycles. The van der Waals surface area contributed by atoms with E-state index in [4.69, 9.17) is 19.9 Å². The van der Waals surface area contributed by atoms with Gasteiger partial charge in [-0.1, -0.05) is 109 Å². The molecule has 0 saturated heterocycles. The van der Waals surface area contributed by atoms with E-state index < -0.39 is 0 Å². The normalized spacial score (nSPS) is 11.4. The molecule has 6 aromatic carbocycles. The van der Waals surface area contributed by atoms with Crippen molar-refractivity contribution in [1.29, 1.82) is 0 Å². The van der Waals surface area contributed by atoms with E-state index in [1.807, 2.05) is 72.9 Å². The fourth-order valence-corrected chi connectivity index (χ4v) is 7.32.